The summed E-state index contributed by atoms with van der Waals surface area (Å²) in [5.74, 6) is -1.57. The lowest BCUT2D eigenvalue weighted by atomic mass is 10.1. The van der Waals surface area contributed by atoms with E-state index in [1.165, 1.54) is 16.7 Å². The minimum atomic E-state index is -0.960. The lowest BCUT2D eigenvalue weighted by molar-refractivity contribution is -0.384. The number of hydrogen-bond donors (Lipinski definition) is 1. The fourth-order valence-electron chi connectivity index (χ4n) is 2.40. The summed E-state index contributed by atoms with van der Waals surface area (Å²) in [6, 6.07) is 3.43. The molecule has 8 heteroatoms. The Morgan fingerprint density at radius 3 is 2.61 bits per heavy atom. The monoisotopic (exact) mass is 320 g/mol. The minimum absolute atomic E-state index is 0.0341. The van der Waals surface area contributed by atoms with Gasteiger partial charge in [0.25, 0.3) is 11.2 Å². The van der Waals surface area contributed by atoms with Crippen molar-refractivity contribution in [3.05, 3.63) is 44.2 Å². The Morgan fingerprint density at radius 1 is 1.43 bits per heavy atom. The predicted octanol–water partition coefficient (Wildman–Crippen LogP) is 2.37. The summed E-state index contributed by atoms with van der Waals surface area (Å²) in [6.07, 6.45) is 0. The molecule has 1 heterocycles. The molecule has 23 heavy (non-hydrogen) atoms. The van der Waals surface area contributed by atoms with Gasteiger partial charge in [-0.2, -0.15) is 0 Å². The molecule has 0 fully saturated rings. The Bertz CT molecular complexity index is 853. The topological polar surface area (TPSA) is 112 Å². The van der Waals surface area contributed by atoms with Gasteiger partial charge in [-0.3, -0.25) is 14.9 Å². The van der Waals surface area contributed by atoms with Crippen molar-refractivity contribution >= 4 is 22.6 Å². The van der Waals surface area contributed by atoms with Crippen LogP contribution >= 0.6 is 0 Å². The highest BCUT2D eigenvalue weighted by Crippen LogP contribution is 2.31. The van der Waals surface area contributed by atoms with E-state index >= 15 is 0 Å². The van der Waals surface area contributed by atoms with E-state index in [9.17, 15) is 24.8 Å². The van der Waals surface area contributed by atoms with Crippen molar-refractivity contribution < 1.29 is 19.6 Å². The molecule has 1 N–H and O–H groups in total. The Morgan fingerprint density at radius 2 is 2.09 bits per heavy atom. The largest absolute Gasteiger partial charge is 0.506 e. The van der Waals surface area contributed by atoms with Crippen LogP contribution in [0.15, 0.2) is 23.0 Å². The van der Waals surface area contributed by atoms with E-state index in [1.807, 2.05) is 0 Å². The van der Waals surface area contributed by atoms with E-state index in [-0.39, 0.29) is 23.7 Å². The van der Waals surface area contributed by atoms with Gasteiger partial charge in [-0.05, 0) is 26.8 Å². The van der Waals surface area contributed by atoms with Crippen LogP contribution in [0.25, 0.3) is 10.9 Å². The van der Waals surface area contributed by atoms with Crippen molar-refractivity contribution in [2.75, 3.05) is 6.61 Å². The number of pyridine rings is 1. The number of carbonyl (C=O) groups is 1. The molecule has 2 rings (SSSR count). The van der Waals surface area contributed by atoms with E-state index < -0.39 is 27.8 Å². The molecule has 0 aliphatic heterocycles. The summed E-state index contributed by atoms with van der Waals surface area (Å²) >= 11 is 0. The molecule has 0 aliphatic carbocycles. The zero-order valence-corrected chi connectivity index (χ0v) is 12.9. The molecule has 0 atom stereocenters. The van der Waals surface area contributed by atoms with Gasteiger partial charge in [0.1, 0.15) is 5.75 Å². The third-order valence-corrected chi connectivity index (χ3v) is 3.37. The second-order valence-electron chi connectivity index (χ2n) is 5.17. The van der Waals surface area contributed by atoms with Crippen LogP contribution in [0.1, 0.15) is 37.2 Å². The first-order valence-corrected chi connectivity index (χ1v) is 7.02. The van der Waals surface area contributed by atoms with E-state index in [0.29, 0.717) is 5.52 Å². The molecule has 0 spiro atoms. The van der Waals surface area contributed by atoms with Crippen molar-refractivity contribution in [2.45, 2.75) is 26.8 Å². The van der Waals surface area contributed by atoms with Gasteiger partial charge in [-0.15, -0.1) is 0 Å². The van der Waals surface area contributed by atoms with Crippen LogP contribution in [0.2, 0.25) is 0 Å². The van der Waals surface area contributed by atoms with Gasteiger partial charge in [0.2, 0.25) is 0 Å². The minimum Gasteiger partial charge on any atom is -0.506 e. The first-order chi connectivity index (χ1) is 10.8. The maximum atomic E-state index is 12.5. The summed E-state index contributed by atoms with van der Waals surface area (Å²) < 4.78 is 6.10. The third kappa shape index (κ3) is 2.75. The molecular weight excluding hydrogens is 304 g/mol. The zero-order valence-electron chi connectivity index (χ0n) is 12.9. The second kappa shape index (κ2) is 6.07. The first kappa shape index (κ1) is 16.5. The van der Waals surface area contributed by atoms with Gasteiger partial charge < -0.3 is 14.4 Å². The van der Waals surface area contributed by atoms with Gasteiger partial charge in [0.15, 0.2) is 5.56 Å². The number of non-ortho nitro benzene ring substituents is 1. The number of nitro benzene ring substituents is 1. The summed E-state index contributed by atoms with van der Waals surface area (Å²) in [5, 5.41) is 21.3. The van der Waals surface area contributed by atoms with Crippen LogP contribution < -0.4 is 5.56 Å². The number of aromatic nitrogens is 1. The number of aromatic hydroxyl groups is 1. The van der Waals surface area contributed by atoms with Crippen molar-refractivity contribution in [3.63, 3.8) is 0 Å². The molecule has 2 aromatic rings. The van der Waals surface area contributed by atoms with Gasteiger partial charge >= 0.3 is 5.97 Å². The number of nitrogens with zero attached hydrogens (tertiary/aromatic N) is 2. The molecule has 0 radical (unpaired) electrons. The van der Waals surface area contributed by atoms with Gasteiger partial charge in [-0.25, -0.2) is 4.79 Å². The number of hydrogen-bond acceptors (Lipinski definition) is 6. The fraction of sp³-hybridized carbons (Fsp3) is 0.333. The number of rotatable bonds is 4. The van der Waals surface area contributed by atoms with Crippen molar-refractivity contribution in [3.8, 4) is 5.75 Å². The number of nitro groups is 1. The average Bonchev–Trinajstić information content (AvgIpc) is 2.46. The number of carbonyl (C=O) groups excluding carboxylic acids is 1. The number of benzene rings is 1. The van der Waals surface area contributed by atoms with Crippen molar-refractivity contribution in [1.29, 1.82) is 0 Å². The lowest BCUT2D eigenvalue weighted by Crippen LogP contribution is -2.29. The Kier molecular flexibility index (Phi) is 4.35. The van der Waals surface area contributed by atoms with Crippen LogP contribution in [0.4, 0.5) is 5.69 Å². The molecule has 0 saturated heterocycles. The fourth-order valence-corrected chi connectivity index (χ4v) is 2.40. The standard InChI is InChI=1S/C15H16N2O6/c1-4-23-15(20)12-13(18)10-7-9(17(21)22)5-6-11(10)16(8(2)3)14(12)19/h5-8,18H,4H2,1-3H3. The molecule has 0 bridgehead atoms. The summed E-state index contributed by atoms with van der Waals surface area (Å²) in [4.78, 5) is 34.9. The van der Waals surface area contributed by atoms with Crippen molar-refractivity contribution in [1.82, 2.24) is 4.57 Å². The molecule has 0 unspecified atom stereocenters. The highest BCUT2D eigenvalue weighted by atomic mass is 16.6. The Balaban J connectivity index is 2.94. The molecule has 1 aromatic heterocycles. The van der Waals surface area contributed by atoms with Crippen LogP contribution in [0.5, 0.6) is 5.75 Å². The lowest BCUT2D eigenvalue weighted by Gasteiger charge is -2.17. The van der Waals surface area contributed by atoms with Gasteiger partial charge in [0.05, 0.1) is 17.0 Å². The molecule has 8 nitrogen and oxygen atoms in total. The second-order valence-corrected chi connectivity index (χ2v) is 5.17. The molecule has 0 amide bonds. The number of fused-ring (bicyclic) bond motifs is 1. The van der Waals surface area contributed by atoms with Gasteiger partial charge in [0, 0.05) is 23.6 Å². The molecule has 1 aromatic carbocycles. The van der Waals surface area contributed by atoms with Crippen molar-refractivity contribution in [2.24, 2.45) is 0 Å². The molecule has 122 valence electrons. The average molecular weight is 320 g/mol. The normalized spacial score (nSPS) is 11.0. The Hall–Kier alpha value is -2.90. The predicted molar refractivity (Wildman–Crippen MR) is 82.9 cm³/mol. The maximum Gasteiger partial charge on any atom is 0.347 e. The maximum absolute atomic E-state index is 12.5. The molecule has 0 aliphatic rings. The smallest absolute Gasteiger partial charge is 0.347 e. The highest BCUT2D eigenvalue weighted by molar-refractivity contribution is 6.00. The van der Waals surface area contributed by atoms with Crippen LogP contribution in [-0.4, -0.2) is 27.2 Å². The first-order valence-electron chi connectivity index (χ1n) is 7.02. The van der Waals surface area contributed by atoms with E-state index in [4.69, 9.17) is 4.74 Å². The van der Waals surface area contributed by atoms with Crippen LogP contribution in [0, 0.1) is 10.1 Å². The zero-order chi connectivity index (χ0) is 17.3. The van der Waals surface area contributed by atoms with Gasteiger partial charge in [-0.1, -0.05) is 0 Å². The van der Waals surface area contributed by atoms with E-state index in [0.717, 1.165) is 6.07 Å². The summed E-state index contributed by atoms with van der Waals surface area (Å²) in [5.41, 5.74) is -1.16. The number of esters is 1. The summed E-state index contributed by atoms with van der Waals surface area (Å²) in [6.45, 7) is 5.07. The quantitative estimate of drug-likeness (QED) is 0.526. The number of ether oxygens (including phenoxy) is 1. The van der Waals surface area contributed by atoms with E-state index in [1.54, 1.807) is 20.8 Å². The Labute approximate surface area is 131 Å². The molecular formula is C15H16N2O6. The summed E-state index contributed by atoms with van der Waals surface area (Å²) in [7, 11) is 0. The SMILES string of the molecule is CCOC(=O)c1c(O)c2cc([N+](=O)[O-])ccc2n(C(C)C)c1=O. The van der Waals surface area contributed by atoms with E-state index in [2.05, 4.69) is 0 Å². The van der Waals surface area contributed by atoms with Crippen LogP contribution in [0.3, 0.4) is 0 Å². The van der Waals surface area contributed by atoms with Crippen LogP contribution in [-0.2, 0) is 4.74 Å². The molecule has 0 saturated carbocycles. The third-order valence-electron chi connectivity index (χ3n) is 3.37. The highest BCUT2D eigenvalue weighted by Gasteiger charge is 2.25.